The number of unbranched alkanes of at least 4 members (excludes halogenated alkanes) is 2. The highest BCUT2D eigenvalue weighted by Crippen LogP contribution is 2.31. The van der Waals surface area contributed by atoms with Crippen molar-refractivity contribution in [2.75, 3.05) is 77.3 Å². The maximum Gasteiger partial charge on any atom is 0.268 e. The number of ether oxygens (including phenoxy) is 3. The molecule has 1 aliphatic carbocycles. The number of aliphatic hydroxyl groups is 1. The summed E-state index contributed by atoms with van der Waals surface area (Å²) in [6, 6.07) is 18.6. The molecule has 22 heteroatoms. The summed E-state index contributed by atoms with van der Waals surface area (Å²) < 4.78 is 19.5. The Kier molecular flexibility index (Phi) is 24.8. The van der Waals surface area contributed by atoms with Crippen molar-refractivity contribution in [1.29, 1.82) is 0 Å². The molecule has 7 amide bonds. The molecule has 0 radical (unpaired) electrons. The van der Waals surface area contributed by atoms with E-state index in [0.717, 1.165) is 56.0 Å². The van der Waals surface area contributed by atoms with Crippen LogP contribution < -0.4 is 31.5 Å². The molecule has 1 saturated heterocycles. The van der Waals surface area contributed by atoms with Gasteiger partial charge in [0, 0.05) is 69.8 Å². The lowest BCUT2D eigenvalue weighted by Gasteiger charge is -2.33. The van der Waals surface area contributed by atoms with Crippen molar-refractivity contribution in [2.45, 2.75) is 131 Å². The Morgan fingerprint density at radius 1 is 0.774 bits per heavy atom. The minimum atomic E-state index is -1.04. The fourth-order valence-electron chi connectivity index (χ4n) is 10.6. The van der Waals surface area contributed by atoms with E-state index in [1.54, 1.807) is 16.2 Å². The van der Waals surface area contributed by atoms with Gasteiger partial charge in [-0.2, -0.15) is 0 Å². The Hall–Kier alpha value is -6.56. The van der Waals surface area contributed by atoms with Gasteiger partial charge in [0.25, 0.3) is 5.91 Å². The summed E-state index contributed by atoms with van der Waals surface area (Å²) in [5.74, 6) is -2.34. The number of aliphatic hydroxyl groups excluding tert-OH is 1. The van der Waals surface area contributed by atoms with E-state index >= 15 is 0 Å². The first-order valence-electron chi connectivity index (χ1n) is 29.5. The van der Waals surface area contributed by atoms with E-state index in [-0.39, 0.29) is 99.1 Å². The van der Waals surface area contributed by atoms with E-state index in [2.05, 4.69) is 31.6 Å². The Labute approximate surface area is 501 Å². The molecule has 456 valence electrons. The molecule has 1 saturated carbocycles. The number of benzene rings is 2. The van der Waals surface area contributed by atoms with Crippen molar-refractivity contribution in [3.8, 4) is 10.4 Å². The standard InChI is InChI=1S/C62H85N9O11S2/c1-7-70(47-13-11-12-41(2)34-47)55(75)39-71-49-24-33-83-52(49)35-50(71)60(78)67-46-21-19-45(20-22-46)58(76)64-25-10-8-9-14-53(73)63-26-28-81-30-32-82-31-29-80-27-23-54(74)68-57(62(4,5)6)61(79)69-37-48(51(72)38-69)59(77)65-36-43-15-17-44(18-16-43)56-42(3)66-40-84-56/h11-13,15-18,24,33-35,40,45-46,48,51,57,72H,7-10,14,19-23,25-32,36-39H2,1-6H3,(H,63,73)(H,64,76)(H,65,77)(H,67,78)(H,68,74)/t45?,46?,48-,51-,57+/m1/s1. The second-order valence-corrected chi connectivity index (χ2v) is 24.6. The molecule has 2 aromatic carbocycles. The number of β-amino-alcohol motifs (C(OH)–C–C–N with tert-alkyl or cyclic N) is 1. The minimum Gasteiger partial charge on any atom is -0.390 e. The summed E-state index contributed by atoms with van der Waals surface area (Å²) in [5, 5.41) is 27.7. The number of aromatic nitrogens is 2. The van der Waals surface area contributed by atoms with E-state index < -0.39 is 23.5 Å². The van der Waals surface area contributed by atoms with Crippen molar-refractivity contribution in [2.24, 2.45) is 17.3 Å². The Bertz CT molecular complexity index is 2980. The number of amides is 7. The number of rotatable bonds is 31. The average Bonchev–Trinajstić information content (AvgIpc) is 4.47. The lowest BCUT2D eigenvalue weighted by Crippen LogP contribution is -2.54. The third-order valence-electron chi connectivity index (χ3n) is 15.4. The molecule has 0 unspecified atom stereocenters. The molecule has 4 heterocycles. The van der Waals surface area contributed by atoms with Crippen LogP contribution in [0.5, 0.6) is 0 Å². The third-order valence-corrected chi connectivity index (χ3v) is 17.2. The summed E-state index contributed by atoms with van der Waals surface area (Å²) in [5.41, 5.74) is 7.29. The number of nitrogens with one attached hydrogen (secondary N) is 5. The number of carbonyl (C=O) groups is 7. The molecule has 1 aliphatic heterocycles. The predicted molar refractivity (Wildman–Crippen MR) is 325 cm³/mol. The average molecular weight is 1200 g/mol. The fourth-order valence-corrected chi connectivity index (χ4v) is 12.2. The normalized spacial score (nSPS) is 17.4. The highest BCUT2D eigenvalue weighted by Gasteiger charge is 2.43. The van der Waals surface area contributed by atoms with Gasteiger partial charge in [0.15, 0.2) is 0 Å². The lowest BCUT2D eigenvalue weighted by atomic mass is 9.85. The topological polar surface area (TPSA) is 252 Å². The Morgan fingerprint density at radius 3 is 2.19 bits per heavy atom. The van der Waals surface area contributed by atoms with Crippen LogP contribution in [0, 0.1) is 31.1 Å². The largest absolute Gasteiger partial charge is 0.390 e. The number of fused-ring (bicyclic) bond motifs is 1. The zero-order valence-corrected chi connectivity index (χ0v) is 51.1. The number of anilines is 1. The Morgan fingerprint density at radius 2 is 1.50 bits per heavy atom. The number of nitrogens with zero attached hydrogens (tertiary/aromatic N) is 4. The van der Waals surface area contributed by atoms with Crippen LogP contribution >= 0.6 is 22.7 Å². The van der Waals surface area contributed by atoms with Gasteiger partial charge in [0.2, 0.25) is 35.4 Å². The zero-order chi connectivity index (χ0) is 60.2. The first kappa shape index (κ1) is 65.0. The van der Waals surface area contributed by atoms with Crippen LogP contribution in [0.3, 0.4) is 0 Å². The second-order valence-electron chi connectivity index (χ2n) is 22.8. The van der Waals surface area contributed by atoms with Crippen LogP contribution in [0.4, 0.5) is 5.69 Å². The molecule has 7 rings (SSSR count). The second kappa shape index (κ2) is 32.1. The third kappa shape index (κ3) is 19.0. The van der Waals surface area contributed by atoms with Gasteiger partial charge in [-0.05, 0) is 111 Å². The van der Waals surface area contributed by atoms with E-state index in [4.69, 9.17) is 14.2 Å². The van der Waals surface area contributed by atoms with Gasteiger partial charge in [-0.1, -0.05) is 63.6 Å². The molecule has 20 nitrogen and oxygen atoms in total. The number of aryl methyl sites for hydroxylation is 2. The number of thiophene rings is 1. The molecule has 0 bridgehead atoms. The maximum atomic E-state index is 13.8. The van der Waals surface area contributed by atoms with Crippen LogP contribution in [0.2, 0.25) is 0 Å². The zero-order valence-electron chi connectivity index (χ0n) is 49.5. The smallest absolute Gasteiger partial charge is 0.268 e. The quantitative estimate of drug-likeness (QED) is 0.0254. The van der Waals surface area contributed by atoms with E-state index in [1.807, 2.05) is 118 Å². The molecular formula is C62H85N9O11S2. The van der Waals surface area contributed by atoms with Crippen LogP contribution in [-0.4, -0.2) is 151 Å². The SMILES string of the molecule is CCN(C(=O)Cn1c(C(=O)NC2CCC(C(=O)NCCCCCC(=O)NCCOCCOCCOCCC(=O)N[C@@H](C(=O)N3C[C@@H](O)[C@H](C(=O)NCc4ccc(-c5scnc5C)cc4)C3)C(C)(C)C)CC2)cc2sccc21)c1cccc(C)c1. The monoisotopic (exact) mass is 1200 g/mol. The number of likely N-dealkylation sites (N-methyl/N-ethyl adjacent to an activating group) is 1. The highest BCUT2D eigenvalue weighted by atomic mass is 32.1. The van der Waals surface area contributed by atoms with Crippen molar-refractivity contribution in [3.63, 3.8) is 0 Å². The van der Waals surface area contributed by atoms with Crippen molar-refractivity contribution < 1.29 is 52.9 Å². The van der Waals surface area contributed by atoms with Gasteiger partial charge < -0.3 is 60.3 Å². The predicted octanol–water partition coefficient (Wildman–Crippen LogP) is 6.68. The van der Waals surface area contributed by atoms with Crippen LogP contribution in [-0.2, 0) is 56.1 Å². The van der Waals surface area contributed by atoms with Crippen molar-refractivity contribution in [3.05, 3.63) is 94.1 Å². The van der Waals surface area contributed by atoms with Gasteiger partial charge in [0.1, 0.15) is 18.3 Å². The van der Waals surface area contributed by atoms with Crippen molar-refractivity contribution in [1.82, 2.24) is 41.0 Å². The van der Waals surface area contributed by atoms with Crippen molar-refractivity contribution >= 4 is 79.9 Å². The molecule has 0 spiro atoms. The van der Waals surface area contributed by atoms with Gasteiger partial charge in [-0.3, -0.25) is 33.6 Å². The number of hydrogen-bond donors (Lipinski definition) is 6. The number of likely N-dealkylation sites (tertiary alicyclic amines) is 1. The maximum absolute atomic E-state index is 13.8. The van der Waals surface area contributed by atoms with Crippen LogP contribution in [0.1, 0.15) is 113 Å². The molecular weight excluding hydrogens is 1110 g/mol. The van der Waals surface area contributed by atoms with Crippen LogP contribution in [0.25, 0.3) is 20.7 Å². The first-order valence-corrected chi connectivity index (χ1v) is 31.2. The molecule has 6 N–H and O–H groups in total. The molecule has 2 aliphatic rings. The van der Waals surface area contributed by atoms with E-state index in [0.29, 0.717) is 90.3 Å². The summed E-state index contributed by atoms with van der Waals surface area (Å²) in [4.78, 5) is 101. The Balaban J connectivity index is 0.662. The number of hydrogen-bond acceptors (Lipinski definition) is 14. The fraction of sp³-hybridized carbons (Fsp3) is 0.548. The van der Waals surface area contributed by atoms with E-state index in [1.165, 1.54) is 16.2 Å². The lowest BCUT2D eigenvalue weighted by molar-refractivity contribution is -0.139. The molecule has 84 heavy (non-hydrogen) atoms. The molecule has 3 atom stereocenters. The van der Waals surface area contributed by atoms with Gasteiger partial charge >= 0.3 is 0 Å². The summed E-state index contributed by atoms with van der Waals surface area (Å²) in [6.07, 6.45) is 4.34. The summed E-state index contributed by atoms with van der Waals surface area (Å²) in [6.45, 7) is 14.9. The first-order chi connectivity index (χ1) is 40.4. The van der Waals surface area contributed by atoms with E-state index in [9.17, 15) is 38.7 Å². The number of carbonyl (C=O) groups excluding carboxylic acids is 7. The molecule has 5 aromatic rings. The minimum absolute atomic E-state index is 0.0172. The molecule has 2 fully saturated rings. The van der Waals surface area contributed by atoms with Gasteiger partial charge in [-0.15, -0.1) is 22.7 Å². The highest BCUT2D eigenvalue weighted by molar-refractivity contribution is 7.17. The van der Waals surface area contributed by atoms with Gasteiger partial charge in [-0.25, -0.2) is 4.98 Å². The molecule has 3 aromatic heterocycles. The summed E-state index contributed by atoms with van der Waals surface area (Å²) >= 11 is 3.11. The summed E-state index contributed by atoms with van der Waals surface area (Å²) in [7, 11) is 0. The van der Waals surface area contributed by atoms with Gasteiger partial charge in [0.05, 0.1) is 78.0 Å². The number of thiazole rings is 1. The van der Waals surface area contributed by atoms with Crippen LogP contribution in [0.15, 0.2) is 71.6 Å².